The zero-order chi connectivity index (χ0) is 11.5. The number of carbonyl (C=O) groups excluding carboxylic acids is 1. The first-order valence-corrected chi connectivity index (χ1v) is 5.28. The standard InChI is InChI=1S/C11H14FN3O/c1-15-6-5-8(11(15)16)7-13-10-4-2-3-9(12)14-10/h2-4,8H,5-7H2,1H3,(H,13,14)/t8-/m0/s1. The highest BCUT2D eigenvalue weighted by Crippen LogP contribution is 2.16. The summed E-state index contributed by atoms with van der Waals surface area (Å²) in [5.41, 5.74) is 0. The molecule has 0 aliphatic carbocycles. The number of amides is 1. The molecule has 1 saturated heterocycles. The van der Waals surface area contributed by atoms with Gasteiger partial charge in [0.1, 0.15) is 5.82 Å². The molecule has 1 N–H and O–H groups in total. The second-order valence-electron chi connectivity index (χ2n) is 3.97. The van der Waals surface area contributed by atoms with E-state index in [4.69, 9.17) is 0 Å². The van der Waals surface area contributed by atoms with Gasteiger partial charge in [-0.3, -0.25) is 4.79 Å². The van der Waals surface area contributed by atoms with Crippen LogP contribution < -0.4 is 5.32 Å². The van der Waals surface area contributed by atoms with E-state index in [2.05, 4.69) is 10.3 Å². The molecular formula is C11H14FN3O. The van der Waals surface area contributed by atoms with Crippen LogP contribution in [-0.4, -0.2) is 35.9 Å². The van der Waals surface area contributed by atoms with E-state index in [1.807, 2.05) is 0 Å². The fourth-order valence-electron chi connectivity index (χ4n) is 1.82. The summed E-state index contributed by atoms with van der Waals surface area (Å²) in [7, 11) is 1.79. The Labute approximate surface area is 93.5 Å². The maximum absolute atomic E-state index is 12.8. The molecule has 1 atom stereocenters. The second kappa shape index (κ2) is 4.47. The summed E-state index contributed by atoms with van der Waals surface area (Å²) in [6.45, 7) is 1.31. The summed E-state index contributed by atoms with van der Waals surface area (Å²) >= 11 is 0. The molecule has 1 aromatic rings. The smallest absolute Gasteiger partial charge is 0.227 e. The van der Waals surface area contributed by atoms with E-state index in [0.29, 0.717) is 12.4 Å². The molecule has 0 bridgehead atoms. The Kier molecular flexibility index (Phi) is 3.03. The maximum Gasteiger partial charge on any atom is 0.227 e. The topological polar surface area (TPSA) is 45.2 Å². The molecule has 86 valence electrons. The van der Waals surface area contributed by atoms with Crippen molar-refractivity contribution in [3.8, 4) is 0 Å². The third-order valence-electron chi connectivity index (χ3n) is 2.78. The van der Waals surface area contributed by atoms with Crippen molar-refractivity contribution >= 4 is 11.7 Å². The Hall–Kier alpha value is -1.65. The Morgan fingerprint density at radius 1 is 1.62 bits per heavy atom. The fourth-order valence-corrected chi connectivity index (χ4v) is 1.82. The molecule has 1 aliphatic heterocycles. The number of aromatic nitrogens is 1. The summed E-state index contributed by atoms with van der Waals surface area (Å²) < 4.78 is 12.8. The van der Waals surface area contributed by atoms with Gasteiger partial charge in [-0.15, -0.1) is 0 Å². The van der Waals surface area contributed by atoms with Crippen LogP contribution in [0.5, 0.6) is 0 Å². The summed E-state index contributed by atoms with van der Waals surface area (Å²) in [4.78, 5) is 17.0. The van der Waals surface area contributed by atoms with Gasteiger partial charge in [0, 0.05) is 20.1 Å². The third kappa shape index (κ3) is 2.29. The largest absolute Gasteiger partial charge is 0.369 e. The number of nitrogens with zero attached hydrogens (tertiary/aromatic N) is 2. The van der Waals surface area contributed by atoms with E-state index in [0.717, 1.165) is 13.0 Å². The minimum atomic E-state index is -0.514. The maximum atomic E-state index is 12.8. The Bertz CT molecular complexity index is 397. The molecule has 16 heavy (non-hydrogen) atoms. The molecule has 1 aliphatic rings. The molecule has 0 aromatic carbocycles. The van der Waals surface area contributed by atoms with E-state index >= 15 is 0 Å². The van der Waals surface area contributed by atoms with E-state index in [1.165, 1.54) is 6.07 Å². The van der Waals surface area contributed by atoms with Crippen molar-refractivity contribution in [2.75, 3.05) is 25.5 Å². The highest BCUT2D eigenvalue weighted by molar-refractivity contribution is 5.81. The van der Waals surface area contributed by atoms with Gasteiger partial charge in [0.15, 0.2) is 0 Å². The number of nitrogens with one attached hydrogen (secondary N) is 1. The molecule has 1 fully saturated rings. The van der Waals surface area contributed by atoms with Gasteiger partial charge in [-0.25, -0.2) is 4.98 Å². The molecule has 2 heterocycles. The van der Waals surface area contributed by atoms with Crippen LogP contribution in [0.15, 0.2) is 18.2 Å². The van der Waals surface area contributed by atoms with Gasteiger partial charge in [0.25, 0.3) is 0 Å². The molecule has 5 heteroatoms. The van der Waals surface area contributed by atoms with Gasteiger partial charge < -0.3 is 10.2 Å². The van der Waals surface area contributed by atoms with Crippen molar-refractivity contribution in [3.63, 3.8) is 0 Å². The van der Waals surface area contributed by atoms with E-state index in [1.54, 1.807) is 24.1 Å². The average Bonchev–Trinajstić information content (AvgIpc) is 2.57. The van der Waals surface area contributed by atoms with Crippen molar-refractivity contribution in [1.82, 2.24) is 9.88 Å². The highest BCUT2D eigenvalue weighted by Gasteiger charge is 2.28. The van der Waals surface area contributed by atoms with Crippen LogP contribution in [-0.2, 0) is 4.79 Å². The van der Waals surface area contributed by atoms with Crippen molar-refractivity contribution in [3.05, 3.63) is 24.1 Å². The number of pyridine rings is 1. The lowest BCUT2D eigenvalue weighted by Gasteiger charge is -2.11. The van der Waals surface area contributed by atoms with E-state index in [-0.39, 0.29) is 11.8 Å². The lowest BCUT2D eigenvalue weighted by molar-refractivity contribution is -0.129. The first-order valence-electron chi connectivity index (χ1n) is 5.28. The van der Waals surface area contributed by atoms with Crippen molar-refractivity contribution in [1.29, 1.82) is 0 Å². The average molecular weight is 223 g/mol. The van der Waals surface area contributed by atoms with Crippen LogP contribution in [0.4, 0.5) is 10.2 Å². The van der Waals surface area contributed by atoms with E-state index < -0.39 is 5.95 Å². The molecule has 1 aromatic heterocycles. The second-order valence-corrected chi connectivity index (χ2v) is 3.97. The molecule has 0 spiro atoms. The molecule has 4 nitrogen and oxygen atoms in total. The van der Waals surface area contributed by atoms with Crippen LogP contribution in [0.1, 0.15) is 6.42 Å². The minimum Gasteiger partial charge on any atom is -0.369 e. The summed E-state index contributed by atoms with van der Waals surface area (Å²) in [6.07, 6.45) is 0.845. The van der Waals surface area contributed by atoms with Gasteiger partial charge in [-0.05, 0) is 18.6 Å². The van der Waals surface area contributed by atoms with Gasteiger partial charge in [0.05, 0.1) is 5.92 Å². The quantitative estimate of drug-likeness (QED) is 0.781. The van der Waals surface area contributed by atoms with Crippen LogP contribution in [0.25, 0.3) is 0 Å². The van der Waals surface area contributed by atoms with Crippen molar-refractivity contribution in [2.24, 2.45) is 5.92 Å². The SMILES string of the molecule is CN1CC[C@@H](CNc2cccc(F)n2)C1=O. The Morgan fingerprint density at radius 3 is 3.06 bits per heavy atom. The lowest BCUT2D eigenvalue weighted by Crippen LogP contribution is -2.26. The molecule has 0 unspecified atom stereocenters. The molecule has 0 radical (unpaired) electrons. The monoisotopic (exact) mass is 223 g/mol. The molecule has 1 amide bonds. The number of halogens is 1. The number of anilines is 1. The van der Waals surface area contributed by atoms with Crippen LogP contribution in [0.3, 0.4) is 0 Å². The van der Waals surface area contributed by atoms with Gasteiger partial charge in [-0.2, -0.15) is 4.39 Å². The van der Waals surface area contributed by atoms with Gasteiger partial charge in [0.2, 0.25) is 11.9 Å². The molecular weight excluding hydrogens is 209 g/mol. The van der Waals surface area contributed by atoms with Crippen LogP contribution >= 0.6 is 0 Å². The number of hydrogen-bond acceptors (Lipinski definition) is 3. The van der Waals surface area contributed by atoms with Crippen LogP contribution in [0.2, 0.25) is 0 Å². The fraction of sp³-hybridized carbons (Fsp3) is 0.455. The minimum absolute atomic E-state index is 0.0185. The number of rotatable bonds is 3. The van der Waals surface area contributed by atoms with Gasteiger partial charge in [-0.1, -0.05) is 6.07 Å². The lowest BCUT2D eigenvalue weighted by atomic mass is 10.1. The van der Waals surface area contributed by atoms with Gasteiger partial charge >= 0.3 is 0 Å². The zero-order valence-corrected chi connectivity index (χ0v) is 9.11. The Morgan fingerprint density at radius 2 is 2.44 bits per heavy atom. The zero-order valence-electron chi connectivity index (χ0n) is 9.11. The first-order chi connectivity index (χ1) is 7.66. The first kappa shape index (κ1) is 10.9. The number of likely N-dealkylation sites (tertiary alicyclic amines) is 1. The summed E-state index contributed by atoms with van der Waals surface area (Å²) in [5.74, 6) is 0.0844. The molecule has 0 saturated carbocycles. The third-order valence-corrected chi connectivity index (χ3v) is 2.78. The number of hydrogen-bond donors (Lipinski definition) is 1. The van der Waals surface area contributed by atoms with E-state index in [9.17, 15) is 9.18 Å². The van der Waals surface area contributed by atoms with Crippen molar-refractivity contribution in [2.45, 2.75) is 6.42 Å². The summed E-state index contributed by atoms with van der Waals surface area (Å²) in [5, 5.41) is 2.98. The predicted octanol–water partition coefficient (Wildman–Crippen LogP) is 1.11. The molecule has 2 rings (SSSR count). The number of carbonyl (C=O) groups is 1. The van der Waals surface area contributed by atoms with Crippen LogP contribution in [0, 0.1) is 11.9 Å². The normalized spacial score (nSPS) is 20.2. The Balaban J connectivity index is 1.90. The highest BCUT2D eigenvalue weighted by atomic mass is 19.1. The van der Waals surface area contributed by atoms with Crippen molar-refractivity contribution < 1.29 is 9.18 Å². The summed E-state index contributed by atoms with van der Waals surface area (Å²) in [6, 6.07) is 4.57. The predicted molar refractivity (Wildman–Crippen MR) is 58.4 cm³/mol.